The molecule has 0 aromatic heterocycles. The van der Waals surface area contributed by atoms with E-state index in [-0.39, 0.29) is 29.4 Å². The number of benzene rings is 1. The zero-order valence-electron chi connectivity index (χ0n) is 16.7. The summed E-state index contributed by atoms with van der Waals surface area (Å²) in [5.74, 6) is 2.42. The molecule has 0 spiro atoms. The van der Waals surface area contributed by atoms with Crippen molar-refractivity contribution in [1.82, 2.24) is 4.90 Å². The Kier molecular flexibility index (Phi) is 8.66. The van der Waals surface area contributed by atoms with E-state index >= 15 is 0 Å². The number of halogens is 1. The predicted molar refractivity (Wildman–Crippen MR) is 121 cm³/mol. The molecule has 2 fully saturated rings. The number of nitrogens with two attached hydrogens (primary N) is 1. The molecular weight excluding hydrogens is 453 g/mol. The lowest BCUT2D eigenvalue weighted by molar-refractivity contribution is 0.0530. The number of hydrogen-bond donors (Lipinski definition) is 1. The summed E-state index contributed by atoms with van der Waals surface area (Å²) in [6, 6.07) is 8.50. The van der Waals surface area contributed by atoms with Gasteiger partial charge in [0, 0.05) is 31.7 Å². The Labute approximate surface area is 180 Å². The van der Waals surface area contributed by atoms with E-state index in [1.807, 2.05) is 6.92 Å². The molecule has 0 aliphatic carbocycles. The molecule has 0 saturated carbocycles. The first-order valence-electron chi connectivity index (χ1n) is 9.99. The average molecular weight is 487 g/mol. The van der Waals surface area contributed by atoms with Crippen LogP contribution in [0.2, 0.25) is 0 Å². The van der Waals surface area contributed by atoms with Gasteiger partial charge in [-0.1, -0.05) is 19.1 Å². The van der Waals surface area contributed by atoms with E-state index < -0.39 is 0 Å². The lowest BCUT2D eigenvalue weighted by Crippen LogP contribution is -2.44. The van der Waals surface area contributed by atoms with Gasteiger partial charge in [-0.3, -0.25) is 4.99 Å². The fraction of sp³-hybridized carbons (Fsp3) is 0.667. The minimum Gasteiger partial charge on any atom is -0.494 e. The number of aliphatic imine (C=N–C) groups is 1. The van der Waals surface area contributed by atoms with E-state index in [0.717, 1.165) is 57.4 Å². The summed E-state index contributed by atoms with van der Waals surface area (Å²) in [4.78, 5) is 7.08. The highest BCUT2D eigenvalue weighted by Gasteiger charge is 2.34. The molecule has 0 radical (unpaired) electrons. The van der Waals surface area contributed by atoms with Crippen molar-refractivity contribution in [1.29, 1.82) is 0 Å². The predicted octanol–water partition coefficient (Wildman–Crippen LogP) is 3.80. The van der Waals surface area contributed by atoms with E-state index in [2.05, 4.69) is 36.1 Å². The van der Waals surface area contributed by atoms with E-state index in [1.54, 1.807) is 0 Å². The molecular formula is C21H34IN3O2. The highest BCUT2D eigenvalue weighted by molar-refractivity contribution is 14.0. The summed E-state index contributed by atoms with van der Waals surface area (Å²) in [6.07, 6.45) is 4.37. The zero-order valence-corrected chi connectivity index (χ0v) is 19.0. The van der Waals surface area contributed by atoms with Gasteiger partial charge in [0.05, 0.1) is 13.2 Å². The summed E-state index contributed by atoms with van der Waals surface area (Å²) >= 11 is 0. The normalized spacial score (nSPS) is 20.8. The minimum absolute atomic E-state index is 0. The molecule has 0 unspecified atom stereocenters. The van der Waals surface area contributed by atoms with Crippen molar-refractivity contribution >= 4 is 29.9 Å². The highest BCUT2D eigenvalue weighted by atomic mass is 127. The van der Waals surface area contributed by atoms with Gasteiger partial charge in [0.2, 0.25) is 0 Å². The maximum atomic E-state index is 6.34. The van der Waals surface area contributed by atoms with Crippen LogP contribution in [0.1, 0.15) is 45.1 Å². The van der Waals surface area contributed by atoms with Crippen molar-refractivity contribution in [2.24, 2.45) is 16.6 Å². The summed E-state index contributed by atoms with van der Waals surface area (Å²) in [5.41, 5.74) is 7.66. The number of piperidine rings is 1. The average Bonchev–Trinajstić information content (AvgIpc) is 2.68. The van der Waals surface area contributed by atoms with Gasteiger partial charge in [0.15, 0.2) is 5.96 Å². The van der Waals surface area contributed by atoms with E-state index in [1.165, 1.54) is 18.4 Å². The Bertz CT molecular complexity index is 592. The van der Waals surface area contributed by atoms with Crippen LogP contribution in [0.15, 0.2) is 29.3 Å². The van der Waals surface area contributed by atoms with Crippen LogP contribution >= 0.6 is 24.0 Å². The van der Waals surface area contributed by atoms with Crippen molar-refractivity contribution in [2.45, 2.75) is 44.9 Å². The van der Waals surface area contributed by atoms with Crippen molar-refractivity contribution in [2.75, 3.05) is 39.5 Å². The lowest BCUT2D eigenvalue weighted by atomic mass is 9.74. The molecule has 0 atom stereocenters. The third-order valence-electron chi connectivity index (χ3n) is 5.88. The van der Waals surface area contributed by atoms with E-state index in [0.29, 0.717) is 12.6 Å². The number of nitrogens with zero attached hydrogens (tertiary/aromatic N) is 2. The standard InChI is InChI=1S/C21H33N3O2.HI/c1-3-26-19-6-4-18(5-7-19)21(10-14-25-15-11-21)16-23-20(22)24-12-8-17(2)9-13-24;/h4-7,17H,3,8-16H2,1-2H3,(H2,22,23);1H. The van der Waals surface area contributed by atoms with Crippen LogP contribution in [-0.4, -0.2) is 50.3 Å². The number of ether oxygens (including phenoxy) is 2. The van der Waals surface area contributed by atoms with Crippen molar-refractivity contribution < 1.29 is 9.47 Å². The molecule has 1 aromatic rings. The van der Waals surface area contributed by atoms with Gasteiger partial charge < -0.3 is 20.1 Å². The molecule has 1 aromatic carbocycles. The molecule has 3 rings (SSSR count). The van der Waals surface area contributed by atoms with Crippen LogP contribution < -0.4 is 10.5 Å². The summed E-state index contributed by atoms with van der Waals surface area (Å²) in [5, 5.41) is 0. The lowest BCUT2D eigenvalue weighted by Gasteiger charge is -2.37. The molecule has 2 heterocycles. The second kappa shape index (κ2) is 10.5. The number of rotatable bonds is 5. The quantitative estimate of drug-likeness (QED) is 0.390. The van der Waals surface area contributed by atoms with Crippen LogP contribution in [0.4, 0.5) is 0 Å². The van der Waals surface area contributed by atoms with Crippen LogP contribution in [-0.2, 0) is 10.2 Å². The first-order valence-corrected chi connectivity index (χ1v) is 9.99. The van der Waals surface area contributed by atoms with Crippen LogP contribution in [0.25, 0.3) is 0 Å². The summed E-state index contributed by atoms with van der Waals surface area (Å²) in [6.45, 7) is 9.34. The zero-order chi connectivity index (χ0) is 18.4. The Morgan fingerprint density at radius 2 is 1.85 bits per heavy atom. The highest BCUT2D eigenvalue weighted by Crippen LogP contribution is 2.36. The van der Waals surface area contributed by atoms with Gasteiger partial charge in [0.1, 0.15) is 5.75 Å². The summed E-state index contributed by atoms with van der Waals surface area (Å²) in [7, 11) is 0. The molecule has 2 aliphatic heterocycles. The minimum atomic E-state index is 0. The topological polar surface area (TPSA) is 60.1 Å². The van der Waals surface area contributed by atoms with Gasteiger partial charge in [-0.15, -0.1) is 24.0 Å². The summed E-state index contributed by atoms with van der Waals surface area (Å²) < 4.78 is 11.2. The Morgan fingerprint density at radius 1 is 1.22 bits per heavy atom. The van der Waals surface area contributed by atoms with Crippen LogP contribution in [0, 0.1) is 5.92 Å². The van der Waals surface area contributed by atoms with E-state index in [9.17, 15) is 0 Å². The molecule has 2 saturated heterocycles. The fourth-order valence-corrected chi connectivity index (χ4v) is 3.94. The number of hydrogen-bond acceptors (Lipinski definition) is 3. The van der Waals surface area contributed by atoms with Gasteiger partial charge in [-0.05, 0) is 56.2 Å². The number of likely N-dealkylation sites (tertiary alicyclic amines) is 1. The second-order valence-electron chi connectivity index (χ2n) is 7.69. The molecule has 27 heavy (non-hydrogen) atoms. The van der Waals surface area contributed by atoms with Crippen LogP contribution in [0.3, 0.4) is 0 Å². The third-order valence-corrected chi connectivity index (χ3v) is 5.88. The second-order valence-corrected chi connectivity index (χ2v) is 7.69. The van der Waals surface area contributed by atoms with Crippen molar-refractivity contribution in [3.63, 3.8) is 0 Å². The largest absolute Gasteiger partial charge is 0.494 e. The molecule has 6 heteroatoms. The third kappa shape index (κ3) is 5.73. The maximum absolute atomic E-state index is 6.34. The van der Waals surface area contributed by atoms with Crippen molar-refractivity contribution in [3.8, 4) is 5.75 Å². The molecule has 2 N–H and O–H groups in total. The van der Waals surface area contributed by atoms with Gasteiger partial charge in [-0.25, -0.2) is 0 Å². The Balaban J connectivity index is 0.00000261. The Morgan fingerprint density at radius 3 is 2.44 bits per heavy atom. The van der Waals surface area contributed by atoms with Gasteiger partial charge >= 0.3 is 0 Å². The maximum Gasteiger partial charge on any atom is 0.191 e. The SMILES string of the molecule is CCOc1ccc(C2(CN=C(N)N3CCC(C)CC3)CCOCC2)cc1.I. The molecule has 0 bridgehead atoms. The van der Waals surface area contributed by atoms with Gasteiger partial charge in [-0.2, -0.15) is 0 Å². The van der Waals surface area contributed by atoms with Gasteiger partial charge in [0.25, 0.3) is 0 Å². The molecule has 5 nitrogen and oxygen atoms in total. The van der Waals surface area contributed by atoms with Crippen LogP contribution in [0.5, 0.6) is 5.75 Å². The fourth-order valence-electron chi connectivity index (χ4n) is 3.94. The number of guanidine groups is 1. The monoisotopic (exact) mass is 487 g/mol. The first kappa shape index (κ1) is 22.3. The molecule has 0 amide bonds. The van der Waals surface area contributed by atoms with E-state index in [4.69, 9.17) is 20.2 Å². The molecule has 152 valence electrons. The first-order chi connectivity index (χ1) is 12.6. The van der Waals surface area contributed by atoms with Crippen molar-refractivity contribution in [3.05, 3.63) is 29.8 Å². The smallest absolute Gasteiger partial charge is 0.191 e. The Hall–Kier alpha value is -1.02. The molecule has 2 aliphatic rings.